The van der Waals surface area contributed by atoms with Crippen LogP contribution < -0.4 is 5.32 Å². The van der Waals surface area contributed by atoms with E-state index in [1.165, 1.54) is 0 Å². The van der Waals surface area contributed by atoms with Crippen molar-refractivity contribution >= 4 is 5.91 Å². The fraction of sp³-hybridized carbons (Fsp3) is 0.286. The summed E-state index contributed by atoms with van der Waals surface area (Å²) in [5.41, 5.74) is 7.19. The van der Waals surface area contributed by atoms with Crippen molar-refractivity contribution < 1.29 is 24.5 Å². The molecule has 6 atom stereocenters. The lowest BCUT2D eigenvalue weighted by molar-refractivity contribution is -0.276. The van der Waals surface area contributed by atoms with Gasteiger partial charge in [0.2, 0.25) is 0 Å². The number of aliphatic hydroxyl groups is 2. The predicted octanol–water partition coefficient (Wildman–Crippen LogP) is 7.02. The number of pyridine rings is 1. The number of carbonyl (C=O) groups is 1. The Bertz CT molecular complexity index is 1820. The Kier molecular flexibility index (Phi) is 11.5. The zero-order chi connectivity index (χ0) is 35.0. The number of nitrogens with zero attached hydrogens (tertiary/aromatic N) is 2. The maximum atomic E-state index is 12.7. The number of hydrogen-bond donors (Lipinski definition) is 3. The second-order valence-electron chi connectivity index (χ2n) is 13.1. The van der Waals surface area contributed by atoms with Gasteiger partial charge in [0.05, 0.1) is 30.5 Å². The van der Waals surface area contributed by atoms with E-state index in [9.17, 15) is 15.0 Å². The van der Waals surface area contributed by atoms with Crippen LogP contribution in [0.15, 0.2) is 128 Å². The lowest BCUT2D eigenvalue weighted by Crippen LogP contribution is -2.46. The smallest absolute Gasteiger partial charge is 0.253 e. The number of carbonyl (C=O) groups excluding carboxylic acids is 1. The van der Waals surface area contributed by atoms with Gasteiger partial charge in [-0.25, -0.2) is 0 Å². The van der Waals surface area contributed by atoms with E-state index in [0.29, 0.717) is 18.7 Å². The van der Waals surface area contributed by atoms with Gasteiger partial charge in [-0.2, -0.15) is 0 Å². The van der Waals surface area contributed by atoms with Crippen LogP contribution in [0.4, 0.5) is 0 Å². The molecular weight excluding hydrogens is 626 g/mol. The minimum Gasteiger partial charge on any atom is -0.392 e. The Hall–Kier alpha value is -4.70. The minimum absolute atomic E-state index is 0.00257. The Balaban J connectivity index is 1.21. The molecule has 5 aromatic rings. The van der Waals surface area contributed by atoms with Gasteiger partial charge in [-0.15, -0.1) is 0 Å². The molecule has 8 nitrogen and oxygen atoms in total. The van der Waals surface area contributed by atoms with Gasteiger partial charge in [-0.1, -0.05) is 110 Å². The third-order valence-corrected chi connectivity index (χ3v) is 9.76. The van der Waals surface area contributed by atoms with Crippen molar-refractivity contribution in [2.75, 3.05) is 13.6 Å². The normalized spacial score (nSPS) is 20.3. The molecule has 0 aliphatic carbocycles. The zero-order valence-corrected chi connectivity index (χ0v) is 28.7. The molecule has 1 aliphatic rings. The molecule has 4 aromatic carbocycles. The van der Waals surface area contributed by atoms with E-state index in [0.717, 1.165) is 38.9 Å². The molecule has 1 saturated heterocycles. The van der Waals surface area contributed by atoms with E-state index in [-0.39, 0.29) is 36.7 Å². The molecule has 1 fully saturated rings. The van der Waals surface area contributed by atoms with Crippen LogP contribution in [-0.2, 0) is 22.6 Å². The summed E-state index contributed by atoms with van der Waals surface area (Å²) in [5.74, 6) is -0.170. The van der Waals surface area contributed by atoms with Crippen LogP contribution in [0.1, 0.15) is 70.5 Å². The molecule has 1 aromatic heterocycles. The molecule has 0 radical (unpaired) electrons. The van der Waals surface area contributed by atoms with E-state index < -0.39 is 12.4 Å². The largest absolute Gasteiger partial charge is 0.392 e. The van der Waals surface area contributed by atoms with Crippen molar-refractivity contribution in [1.82, 2.24) is 15.2 Å². The first-order valence-corrected chi connectivity index (χ1v) is 17.1. The number of amides is 1. The van der Waals surface area contributed by atoms with Gasteiger partial charge in [-0.3, -0.25) is 14.7 Å². The summed E-state index contributed by atoms with van der Waals surface area (Å²) < 4.78 is 13.4. The van der Waals surface area contributed by atoms with Crippen molar-refractivity contribution in [3.05, 3.63) is 161 Å². The lowest BCUT2D eigenvalue weighted by atomic mass is 9.89. The van der Waals surface area contributed by atoms with Gasteiger partial charge >= 0.3 is 0 Å². The molecule has 1 aliphatic heterocycles. The van der Waals surface area contributed by atoms with Crippen molar-refractivity contribution in [1.29, 1.82) is 0 Å². The molecule has 8 heteroatoms. The van der Waals surface area contributed by atoms with Gasteiger partial charge in [0.25, 0.3) is 5.91 Å². The van der Waals surface area contributed by atoms with Crippen molar-refractivity contribution in [3.8, 4) is 11.1 Å². The van der Waals surface area contributed by atoms with Crippen LogP contribution in [0.3, 0.4) is 0 Å². The summed E-state index contributed by atoms with van der Waals surface area (Å²) in [5, 5.41) is 23.8. The summed E-state index contributed by atoms with van der Waals surface area (Å²) in [6.07, 6.45) is 1.49. The first kappa shape index (κ1) is 35.1. The number of ether oxygens (including phenoxy) is 2. The van der Waals surface area contributed by atoms with E-state index in [4.69, 9.17) is 9.47 Å². The monoisotopic (exact) mass is 671 g/mol. The molecule has 0 saturated carbocycles. The van der Waals surface area contributed by atoms with Crippen LogP contribution in [0.2, 0.25) is 0 Å². The van der Waals surface area contributed by atoms with Crippen molar-refractivity contribution in [2.24, 2.45) is 5.92 Å². The first-order chi connectivity index (χ1) is 24.3. The average Bonchev–Trinajstić information content (AvgIpc) is 3.18. The third-order valence-electron chi connectivity index (χ3n) is 9.76. The van der Waals surface area contributed by atoms with E-state index in [2.05, 4.69) is 40.3 Å². The highest BCUT2D eigenvalue weighted by Gasteiger charge is 2.39. The third kappa shape index (κ3) is 8.18. The summed E-state index contributed by atoms with van der Waals surface area (Å²) in [4.78, 5) is 18.9. The Morgan fingerprint density at radius 2 is 1.58 bits per heavy atom. The Morgan fingerprint density at radius 1 is 0.880 bits per heavy atom. The maximum absolute atomic E-state index is 12.7. The van der Waals surface area contributed by atoms with E-state index in [1.807, 2.05) is 98.9 Å². The number of rotatable bonds is 12. The first-order valence-electron chi connectivity index (χ1n) is 17.1. The summed E-state index contributed by atoms with van der Waals surface area (Å²) in [6.45, 7) is 5.12. The van der Waals surface area contributed by atoms with Gasteiger partial charge < -0.3 is 25.0 Å². The molecule has 50 heavy (non-hydrogen) atoms. The van der Waals surface area contributed by atoms with Gasteiger partial charge in [0.1, 0.15) is 0 Å². The molecule has 1 amide bonds. The number of likely N-dealkylation sites (N-methyl/N-ethyl adjacent to an activating group) is 1. The Labute approximate surface area is 294 Å². The number of aromatic nitrogens is 1. The van der Waals surface area contributed by atoms with E-state index >= 15 is 0 Å². The summed E-state index contributed by atoms with van der Waals surface area (Å²) in [6, 6.07) is 37.2. The highest BCUT2D eigenvalue weighted by molar-refractivity contribution is 5.93. The van der Waals surface area contributed by atoms with Gasteiger partial charge in [0, 0.05) is 43.0 Å². The molecular formula is C42H45N3O5. The van der Waals surface area contributed by atoms with Crippen LogP contribution in [0.5, 0.6) is 0 Å². The van der Waals surface area contributed by atoms with Gasteiger partial charge in [0.15, 0.2) is 6.29 Å². The summed E-state index contributed by atoms with van der Waals surface area (Å²) in [7, 11) is 2.02. The SMILES string of the molecule is C[C@@H]1[C@H](CN(C)[C@@H](C)[C@H](O)c2ccccc2)O[C@H](c2ccc(-c3ccccc3CNC(=O)c3cccnc3)cc2)O[C@@H]1c1ccc(CO)cc1. The quantitative estimate of drug-likeness (QED) is 0.131. The van der Waals surface area contributed by atoms with E-state index in [1.54, 1.807) is 24.5 Å². The Morgan fingerprint density at radius 3 is 2.28 bits per heavy atom. The van der Waals surface area contributed by atoms with Gasteiger partial charge in [-0.05, 0) is 59.5 Å². The number of benzene rings is 4. The number of nitrogens with one attached hydrogen (secondary N) is 1. The molecule has 2 heterocycles. The molecule has 0 spiro atoms. The van der Waals surface area contributed by atoms with Crippen molar-refractivity contribution in [2.45, 2.75) is 57.6 Å². The topological polar surface area (TPSA) is 104 Å². The molecule has 3 N–H and O–H groups in total. The number of aliphatic hydroxyl groups excluding tert-OH is 2. The second kappa shape index (κ2) is 16.3. The van der Waals surface area contributed by atoms with Crippen molar-refractivity contribution in [3.63, 3.8) is 0 Å². The fourth-order valence-corrected chi connectivity index (χ4v) is 6.50. The van der Waals surface area contributed by atoms with Crippen LogP contribution in [-0.4, -0.2) is 51.7 Å². The highest BCUT2D eigenvalue weighted by Crippen LogP contribution is 2.42. The molecule has 0 unspecified atom stereocenters. The molecule has 0 bridgehead atoms. The second-order valence-corrected chi connectivity index (χ2v) is 13.1. The number of hydrogen-bond acceptors (Lipinski definition) is 7. The highest BCUT2D eigenvalue weighted by atomic mass is 16.7. The summed E-state index contributed by atoms with van der Waals surface area (Å²) >= 11 is 0. The average molecular weight is 672 g/mol. The molecule has 6 rings (SSSR count). The zero-order valence-electron chi connectivity index (χ0n) is 28.7. The van der Waals surface area contributed by atoms with Crippen LogP contribution in [0.25, 0.3) is 11.1 Å². The fourth-order valence-electron chi connectivity index (χ4n) is 6.50. The van der Waals surface area contributed by atoms with Crippen LogP contribution in [0, 0.1) is 5.92 Å². The maximum Gasteiger partial charge on any atom is 0.253 e. The predicted molar refractivity (Wildman–Crippen MR) is 194 cm³/mol. The minimum atomic E-state index is -0.645. The standard InChI is InChI=1S/C42H45N3O5/c1-28-38(26-45(3)29(2)39(47)32-10-5-4-6-11-32)49-42(50-40(28)33-17-15-30(27-46)16-18-33)34-21-19-31(20-22-34)37-14-8-7-12-35(37)25-44-41(48)36-13-9-23-43-24-36/h4-24,28-29,38-40,42,46-47H,25-27H2,1-3H3,(H,44,48)/t28-,29+,38+,39+,40+,42+/m1/s1. The lowest BCUT2D eigenvalue weighted by Gasteiger charge is -2.43. The van der Waals surface area contributed by atoms with Crippen LogP contribution >= 0.6 is 0 Å². The molecule has 258 valence electrons.